The zero-order valence-corrected chi connectivity index (χ0v) is 12.4. The van der Waals surface area contributed by atoms with Gasteiger partial charge in [-0.15, -0.1) is 0 Å². The zero-order valence-electron chi connectivity index (χ0n) is 12.4. The van der Waals surface area contributed by atoms with E-state index < -0.39 is 0 Å². The fourth-order valence-corrected chi connectivity index (χ4v) is 1.70. The molecule has 1 amide bonds. The molecule has 0 saturated carbocycles. The van der Waals surface area contributed by atoms with Gasteiger partial charge in [0.25, 0.3) is 0 Å². The summed E-state index contributed by atoms with van der Waals surface area (Å²) in [6.07, 6.45) is 2.05. The standard InChI is InChI=1S/C9H17NO2.C6H5BO/c1-9(2,3)12-8(11)10-6-4-5-7-10;7-5-1-3-6(8)4-2-5/h4-7H2,1-3H3;1-4,8H. The molecule has 0 aromatic heterocycles. The summed E-state index contributed by atoms with van der Waals surface area (Å²) in [5.74, 6) is 0.249. The van der Waals surface area contributed by atoms with Crippen LogP contribution in [0.15, 0.2) is 24.3 Å². The zero-order chi connectivity index (χ0) is 15.2. The number of carbonyl (C=O) groups excluding carboxylic acids is 1. The predicted octanol–water partition coefficient (Wildman–Crippen LogP) is 2.20. The number of carbonyl (C=O) groups is 1. The van der Waals surface area contributed by atoms with Crippen molar-refractivity contribution in [3.05, 3.63) is 24.3 Å². The maximum atomic E-state index is 11.4. The van der Waals surface area contributed by atoms with Crippen LogP contribution in [0.1, 0.15) is 33.6 Å². The molecular weight excluding hydrogens is 253 g/mol. The van der Waals surface area contributed by atoms with Crippen molar-refractivity contribution in [3.8, 4) is 5.75 Å². The maximum Gasteiger partial charge on any atom is 0.410 e. The van der Waals surface area contributed by atoms with Crippen LogP contribution >= 0.6 is 0 Å². The molecule has 2 radical (unpaired) electrons. The van der Waals surface area contributed by atoms with Gasteiger partial charge in [-0.3, -0.25) is 0 Å². The van der Waals surface area contributed by atoms with Crippen LogP contribution in [0.25, 0.3) is 0 Å². The number of rotatable bonds is 0. The van der Waals surface area contributed by atoms with Gasteiger partial charge in [-0.25, -0.2) is 4.79 Å². The van der Waals surface area contributed by atoms with E-state index in [0.717, 1.165) is 25.9 Å². The molecule has 0 aliphatic carbocycles. The Hall–Kier alpha value is -1.65. The summed E-state index contributed by atoms with van der Waals surface area (Å²) in [6.45, 7) is 7.38. The van der Waals surface area contributed by atoms with Gasteiger partial charge in [0.1, 0.15) is 19.2 Å². The number of hydrogen-bond acceptors (Lipinski definition) is 3. The molecule has 0 atom stereocenters. The van der Waals surface area contributed by atoms with E-state index in [2.05, 4.69) is 0 Å². The highest BCUT2D eigenvalue weighted by molar-refractivity contribution is 6.32. The van der Waals surface area contributed by atoms with Gasteiger partial charge in [0.2, 0.25) is 0 Å². The Labute approximate surface area is 122 Å². The van der Waals surface area contributed by atoms with E-state index in [-0.39, 0.29) is 17.4 Å². The van der Waals surface area contributed by atoms with Gasteiger partial charge in [-0.1, -0.05) is 17.6 Å². The molecule has 2 rings (SSSR count). The van der Waals surface area contributed by atoms with Crippen LogP contribution in [-0.4, -0.2) is 42.6 Å². The molecule has 1 aromatic carbocycles. The molecule has 1 aliphatic rings. The summed E-state index contributed by atoms with van der Waals surface area (Å²) in [6, 6.07) is 6.40. The van der Waals surface area contributed by atoms with E-state index >= 15 is 0 Å². The normalized spacial score (nSPS) is 14.4. The molecule has 108 valence electrons. The Kier molecular flexibility index (Phi) is 5.92. The highest BCUT2D eigenvalue weighted by Gasteiger charge is 2.23. The van der Waals surface area contributed by atoms with Crippen molar-refractivity contribution < 1.29 is 14.6 Å². The average molecular weight is 275 g/mol. The largest absolute Gasteiger partial charge is 0.508 e. The number of ether oxygens (including phenoxy) is 1. The van der Waals surface area contributed by atoms with E-state index in [1.54, 1.807) is 29.2 Å². The van der Waals surface area contributed by atoms with E-state index in [1.807, 2.05) is 20.8 Å². The van der Waals surface area contributed by atoms with Gasteiger partial charge in [-0.2, -0.15) is 0 Å². The summed E-state index contributed by atoms with van der Waals surface area (Å²) >= 11 is 0. The summed E-state index contributed by atoms with van der Waals surface area (Å²) in [4.78, 5) is 13.1. The van der Waals surface area contributed by atoms with Gasteiger partial charge < -0.3 is 14.7 Å². The lowest BCUT2D eigenvalue weighted by Crippen LogP contribution is -2.34. The van der Waals surface area contributed by atoms with Crippen molar-refractivity contribution in [2.75, 3.05) is 13.1 Å². The summed E-state index contributed by atoms with van der Waals surface area (Å²) in [5, 5.41) is 8.70. The Bertz CT molecular complexity index is 399. The predicted molar refractivity (Wildman–Crippen MR) is 80.5 cm³/mol. The van der Waals surface area contributed by atoms with Crippen LogP contribution in [0, 0.1) is 0 Å². The SMILES string of the molecule is CC(C)(C)OC(=O)N1CCCC1.[B]c1ccc(O)cc1. The molecule has 4 nitrogen and oxygen atoms in total. The van der Waals surface area contributed by atoms with Gasteiger partial charge in [0.05, 0.1) is 0 Å². The van der Waals surface area contributed by atoms with Crippen molar-refractivity contribution >= 4 is 19.4 Å². The summed E-state index contributed by atoms with van der Waals surface area (Å²) in [5.41, 5.74) is 0.308. The van der Waals surface area contributed by atoms with Crippen LogP contribution in [0.5, 0.6) is 5.75 Å². The van der Waals surface area contributed by atoms with Crippen molar-refractivity contribution in [1.29, 1.82) is 0 Å². The van der Waals surface area contributed by atoms with Crippen molar-refractivity contribution in [3.63, 3.8) is 0 Å². The van der Waals surface area contributed by atoms with Gasteiger partial charge >= 0.3 is 6.09 Å². The summed E-state index contributed by atoms with van der Waals surface area (Å²) in [7, 11) is 5.32. The first kappa shape index (κ1) is 16.4. The average Bonchev–Trinajstić information content (AvgIpc) is 2.85. The fourth-order valence-electron chi connectivity index (χ4n) is 1.70. The number of phenolic OH excluding ortho intramolecular Hbond substituents is 1. The molecule has 20 heavy (non-hydrogen) atoms. The maximum absolute atomic E-state index is 11.4. The second-order valence-corrected chi connectivity index (χ2v) is 5.77. The molecule has 1 saturated heterocycles. The van der Waals surface area contributed by atoms with Gasteiger partial charge in [-0.05, 0) is 45.7 Å². The molecule has 1 aliphatic heterocycles. The number of hydrogen-bond donors (Lipinski definition) is 1. The van der Waals surface area contributed by atoms with Crippen molar-refractivity contribution in [1.82, 2.24) is 4.90 Å². The Morgan fingerprint density at radius 1 is 1.20 bits per heavy atom. The molecule has 1 N–H and O–H groups in total. The third-order valence-corrected chi connectivity index (χ3v) is 2.65. The first-order chi connectivity index (χ1) is 9.28. The summed E-state index contributed by atoms with van der Waals surface area (Å²) < 4.78 is 5.21. The molecule has 0 bridgehead atoms. The molecular formula is C15H22BNO3. The monoisotopic (exact) mass is 275 g/mol. The van der Waals surface area contributed by atoms with Crippen LogP contribution in [0.2, 0.25) is 0 Å². The number of nitrogens with zero attached hydrogens (tertiary/aromatic N) is 1. The Morgan fingerprint density at radius 3 is 2.10 bits per heavy atom. The smallest absolute Gasteiger partial charge is 0.410 e. The quantitative estimate of drug-likeness (QED) is 0.738. The molecule has 0 unspecified atom stereocenters. The van der Waals surface area contributed by atoms with E-state index in [9.17, 15) is 4.79 Å². The lowest BCUT2D eigenvalue weighted by Gasteiger charge is -2.23. The first-order valence-corrected chi connectivity index (χ1v) is 6.80. The van der Waals surface area contributed by atoms with Crippen molar-refractivity contribution in [2.45, 2.75) is 39.2 Å². The van der Waals surface area contributed by atoms with Crippen LogP contribution in [-0.2, 0) is 4.74 Å². The van der Waals surface area contributed by atoms with E-state index in [0.29, 0.717) is 5.46 Å². The minimum absolute atomic E-state index is 0.167. The lowest BCUT2D eigenvalue weighted by molar-refractivity contribution is 0.0295. The number of amides is 1. The number of phenols is 1. The first-order valence-electron chi connectivity index (χ1n) is 6.80. The number of likely N-dealkylation sites (tertiary alicyclic amines) is 1. The second-order valence-electron chi connectivity index (χ2n) is 5.77. The van der Waals surface area contributed by atoms with Crippen LogP contribution in [0.4, 0.5) is 4.79 Å². The van der Waals surface area contributed by atoms with E-state index in [1.165, 1.54) is 0 Å². The minimum atomic E-state index is -0.361. The molecule has 0 spiro atoms. The second kappa shape index (κ2) is 7.22. The van der Waals surface area contributed by atoms with E-state index in [4.69, 9.17) is 17.7 Å². The Balaban J connectivity index is 0.000000217. The third-order valence-electron chi connectivity index (χ3n) is 2.65. The number of aromatic hydroxyl groups is 1. The minimum Gasteiger partial charge on any atom is -0.508 e. The highest BCUT2D eigenvalue weighted by atomic mass is 16.6. The van der Waals surface area contributed by atoms with Crippen LogP contribution in [0.3, 0.4) is 0 Å². The van der Waals surface area contributed by atoms with Gasteiger partial charge in [0.15, 0.2) is 0 Å². The lowest BCUT2D eigenvalue weighted by atomic mass is 9.97. The Morgan fingerprint density at radius 2 is 1.70 bits per heavy atom. The van der Waals surface area contributed by atoms with Crippen molar-refractivity contribution in [2.24, 2.45) is 0 Å². The molecule has 1 aromatic rings. The molecule has 5 heteroatoms. The molecule has 1 heterocycles. The third kappa shape index (κ3) is 6.50. The fraction of sp³-hybridized carbons (Fsp3) is 0.533. The molecule has 1 fully saturated rings. The van der Waals surface area contributed by atoms with Gasteiger partial charge in [0, 0.05) is 13.1 Å². The topological polar surface area (TPSA) is 49.8 Å². The highest BCUT2D eigenvalue weighted by Crippen LogP contribution is 2.14. The van der Waals surface area contributed by atoms with Crippen LogP contribution < -0.4 is 5.46 Å². The number of benzene rings is 1.